The SMILES string of the molecule is CCc1cc(NC(=O)CSc2nc3ccccc3o2)n[nH]1. The molecule has 0 aliphatic heterocycles. The van der Waals surface area contributed by atoms with Crippen molar-refractivity contribution in [2.45, 2.75) is 18.6 Å². The van der Waals surface area contributed by atoms with Gasteiger partial charge in [-0.3, -0.25) is 9.89 Å². The lowest BCUT2D eigenvalue weighted by molar-refractivity contribution is -0.113. The molecule has 108 valence electrons. The van der Waals surface area contributed by atoms with E-state index in [0.29, 0.717) is 11.0 Å². The van der Waals surface area contributed by atoms with Gasteiger partial charge in [0.2, 0.25) is 5.91 Å². The van der Waals surface area contributed by atoms with Gasteiger partial charge in [-0.25, -0.2) is 4.98 Å². The molecule has 0 unspecified atom stereocenters. The van der Waals surface area contributed by atoms with Gasteiger partial charge >= 0.3 is 0 Å². The minimum absolute atomic E-state index is 0.142. The van der Waals surface area contributed by atoms with E-state index in [-0.39, 0.29) is 11.7 Å². The molecule has 1 aromatic carbocycles. The van der Waals surface area contributed by atoms with Gasteiger partial charge in [0.25, 0.3) is 5.22 Å². The number of nitrogens with one attached hydrogen (secondary N) is 2. The fourth-order valence-corrected chi connectivity index (χ4v) is 2.46. The number of aromatic amines is 1. The van der Waals surface area contributed by atoms with Crippen molar-refractivity contribution in [3.63, 3.8) is 0 Å². The van der Waals surface area contributed by atoms with Crippen LogP contribution >= 0.6 is 11.8 Å². The highest BCUT2D eigenvalue weighted by Gasteiger charge is 2.10. The van der Waals surface area contributed by atoms with E-state index in [0.717, 1.165) is 23.2 Å². The van der Waals surface area contributed by atoms with Gasteiger partial charge in [0.15, 0.2) is 11.4 Å². The summed E-state index contributed by atoms with van der Waals surface area (Å²) >= 11 is 1.26. The fraction of sp³-hybridized carbons (Fsp3) is 0.214. The maximum Gasteiger partial charge on any atom is 0.257 e. The molecule has 0 saturated carbocycles. The van der Waals surface area contributed by atoms with Crippen LogP contribution in [0.5, 0.6) is 0 Å². The number of carbonyl (C=O) groups is 1. The van der Waals surface area contributed by atoms with Crippen molar-refractivity contribution in [2.75, 3.05) is 11.1 Å². The van der Waals surface area contributed by atoms with Crippen LogP contribution in [0.4, 0.5) is 5.82 Å². The number of para-hydroxylation sites is 2. The Kier molecular flexibility index (Phi) is 3.92. The van der Waals surface area contributed by atoms with Crippen molar-refractivity contribution in [1.29, 1.82) is 0 Å². The fourth-order valence-electron chi connectivity index (χ4n) is 1.83. The molecule has 0 fully saturated rings. The van der Waals surface area contributed by atoms with Crippen molar-refractivity contribution in [3.05, 3.63) is 36.0 Å². The molecule has 0 aliphatic carbocycles. The van der Waals surface area contributed by atoms with Crippen LogP contribution in [0.3, 0.4) is 0 Å². The number of rotatable bonds is 5. The zero-order valence-corrected chi connectivity index (χ0v) is 12.2. The molecule has 2 aromatic heterocycles. The molecular formula is C14H14N4O2S. The van der Waals surface area contributed by atoms with Crippen LogP contribution in [0, 0.1) is 0 Å². The van der Waals surface area contributed by atoms with E-state index in [4.69, 9.17) is 4.42 Å². The largest absolute Gasteiger partial charge is 0.431 e. The zero-order chi connectivity index (χ0) is 14.7. The van der Waals surface area contributed by atoms with E-state index < -0.39 is 0 Å². The smallest absolute Gasteiger partial charge is 0.257 e. The molecule has 2 N–H and O–H groups in total. The summed E-state index contributed by atoms with van der Waals surface area (Å²) in [4.78, 5) is 16.1. The summed E-state index contributed by atoms with van der Waals surface area (Å²) in [5.41, 5.74) is 2.50. The Hall–Kier alpha value is -2.28. The van der Waals surface area contributed by atoms with Gasteiger partial charge < -0.3 is 9.73 Å². The number of fused-ring (bicyclic) bond motifs is 1. The first-order valence-electron chi connectivity index (χ1n) is 6.57. The van der Waals surface area contributed by atoms with Crippen molar-refractivity contribution >= 4 is 34.6 Å². The molecule has 3 rings (SSSR count). The summed E-state index contributed by atoms with van der Waals surface area (Å²) in [6.07, 6.45) is 0.848. The van der Waals surface area contributed by atoms with Gasteiger partial charge in [0, 0.05) is 11.8 Å². The number of oxazole rings is 1. The first-order valence-corrected chi connectivity index (χ1v) is 7.55. The quantitative estimate of drug-likeness (QED) is 0.708. The second-order valence-electron chi connectivity index (χ2n) is 4.42. The molecule has 1 amide bonds. The molecule has 0 aliphatic rings. The Bertz CT molecular complexity index is 732. The number of thioether (sulfide) groups is 1. The minimum Gasteiger partial charge on any atom is -0.431 e. The maximum absolute atomic E-state index is 11.8. The molecule has 0 atom stereocenters. The second kappa shape index (κ2) is 6.01. The molecule has 0 bridgehead atoms. The molecule has 0 spiro atoms. The number of carbonyl (C=O) groups excluding carboxylic acids is 1. The summed E-state index contributed by atoms with van der Waals surface area (Å²) in [6, 6.07) is 9.33. The summed E-state index contributed by atoms with van der Waals surface area (Å²) in [7, 11) is 0. The lowest BCUT2D eigenvalue weighted by Gasteiger charge is -1.98. The van der Waals surface area contributed by atoms with Gasteiger partial charge in [-0.2, -0.15) is 5.10 Å². The van der Waals surface area contributed by atoms with E-state index in [1.165, 1.54) is 11.8 Å². The topological polar surface area (TPSA) is 83.8 Å². The van der Waals surface area contributed by atoms with E-state index in [1.54, 1.807) is 0 Å². The lowest BCUT2D eigenvalue weighted by atomic mass is 10.3. The normalized spacial score (nSPS) is 10.9. The van der Waals surface area contributed by atoms with E-state index in [9.17, 15) is 4.79 Å². The molecule has 0 radical (unpaired) electrons. The predicted molar refractivity (Wildman–Crippen MR) is 81.3 cm³/mol. The van der Waals surface area contributed by atoms with Crippen LogP contribution in [0.2, 0.25) is 0 Å². The average Bonchev–Trinajstić information content (AvgIpc) is 3.10. The third-order valence-electron chi connectivity index (χ3n) is 2.88. The average molecular weight is 302 g/mol. The number of nitrogens with zero attached hydrogens (tertiary/aromatic N) is 2. The van der Waals surface area contributed by atoms with Crippen molar-refractivity contribution in [1.82, 2.24) is 15.2 Å². The minimum atomic E-state index is -0.142. The summed E-state index contributed by atoms with van der Waals surface area (Å²) in [6.45, 7) is 2.02. The number of hydrogen-bond donors (Lipinski definition) is 2. The number of amides is 1. The highest BCUT2D eigenvalue weighted by atomic mass is 32.2. The van der Waals surface area contributed by atoms with Crippen LogP contribution in [-0.2, 0) is 11.2 Å². The van der Waals surface area contributed by atoms with Crippen molar-refractivity contribution in [2.24, 2.45) is 0 Å². The Morgan fingerprint density at radius 2 is 2.29 bits per heavy atom. The third kappa shape index (κ3) is 3.25. The summed E-state index contributed by atoms with van der Waals surface area (Å²) in [5.74, 6) is 0.618. The number of anilines is 1. The Morgan fingerprint density at radius 1 is 1.43 bits per heavy atom. The second-order valence-corrected chi connectivity index (χ2v) is 5.34. The van der Waals surface area contributed by atoms with Crippen LogP contribution in [0.25, 0.3) is 11.1 Å². The van der Waals surface area contributed by atoms with E-state index in [1.807, 2.05) is 37.3 Å². The molecule has 3 aromatic rings. The lowest BCUT2D eigenvalue weighted by Crippen LogP contribution is -2.14. The molecular weight excluding hydrogens is 288 g/mol. The number of aromatic nitrogens is 3. The summed E-state index contributed by atoms with van der Waals surface area (Å²) in [5, 5.41) is 10.1. The Labute approximate surface area is 125 Å². The highest BCUT2D eigenvalue weighted by Crippen LogP contribution is 2.23. The molecule has 21 heavy (non-hydrogen) atoms. The van der Waals surface area contributed by atoms with Crippen LogP contribution in [-0.4, -0.2) is 26.8 Å². The van der Waals surface area contributed by atoms with E-state index >= 15 is 0 Å². The van der Waals surface area contributed by atoms with Crippen LogP contribution in [0.15, 0.2) is 40.0 Å². The highest BCUT2D eigenvalue weighted by molar-refractivity contribution is 7.99. The molecule has 7 heteroatoms. The standard InChI is InChI=1S/C14H14N4O2S/c1-2-9-7-12(18-17-9)16-13(19)8-21-14-15-10-5-3-4-6-11(10)20-14/h3-7H,2,8H2,1H3,(H2,16,17,18,19). The number of H-pyrrole nitrogens is 1. The monoisotopic (exact) mass is 302 g/mol. The van der Waals surface area contributed by atoms with Crippen LogP contribution < -0.4 is 5.32 Å². The third-order valence-corrected chi connectivity index (χ3v) is 3.71. The zero-order valence-electron chi connectivity index (χ0n) is 11.4. The maximum atomic E-state index is 11.8. The molecule has 0 saturated heterocycles. The van der Waals surface area contributed by atoms with Crippen molar-refractivity contribution in [3.8, 4) is 0 Å². The van der Waals surface area contributed by atoms with Gasteiger partial charge in [0.1, 0.15) is 5.52 Å². The Balaban J connectivity index is 1.57. The Morgan fingerprint density at radius 3 is 3.05 bits per heavy atom. The number of aryl methyl sites for hydroxylation is 1. The first kappa shape index (κ1) is 13.7. The van der Waals surface area contributed by atoms with E-state index in [2.05, 4.69) is 20.5 Å². The first-order chi connectivity index (χ1) is 10.2. The number of benzene rings is 1. The molecule has 2 heterocycles. The molecule has 6 nitrogen and oxygen atoms in total. The van der Waals surface area contributed by atoms with Crippen LogP contribution in [0.1, 0.15) is 12.6 Å². The van der Waals surface area contributed by atoms with Gasteiger partial charge in [-0.05, 0) is 18.6 Å². The van der Waals surface area contributed by atoms with Gasteiger partial charge in [0.05, 0.1) is 5.75 Å². The predicted octanol–water partition coefficient (Wildman–Crippen LogP) is 2.84. The van der Waals surface area contributed by atoms with Crippen molar-refractivity contribution < 1.29 is 9.21 Å². The summed E-state index contributed by atoms with van der Waals surface area (Å²) < 4.78 is 5.54. The van der Waals surface area contributed by atoms with Gasteiger partial charge in [-0.1, -0.05) is 30.8 Å². The van der Waals surface area contributed by atoms with Gasteiger partial charge in [-0.15, -0.1) is 0 Å². The number of hydrogen-bond acceptors (Lipinski definition) is 5.